The van der Waals surface area contributed by atoms with E-state index in [4.69, 9.17) is 15.2 Å². The summed E-state index contributed by atoms with van der Waals surface area (Å²) in [6.07, 6.45) is 0. The highest BCUT2D eigenvalue weighted by atomic mass is 35.5. The maximum Gasteiger partial charge on any atom is 0.387 e. The summed E-state index contributed by atoms with van der Waals surface area (Å²) in [5.41, 5.74) is 5.94. The van der Waals surface area contributed by atoms with Gasteiger partial charge in [0.25, 0.3) is 0 Å². The third-order valence-corrected chi connectivity index (χ3v) is 2.70. The van der Waals surface area contributed by atoms with Crippen LogP contribution in [0.3, 0.4) is 0 Å². The lowest BCUT2D eigenvalue weighted by atomic mass is 10.1. The molecule has 0 aromatic heterocycles. The second-order valence-corrected chi connectivity index (χ2v) is 4.34. The number of methoxy groups -OCH3 is 1. The minimum atomic E-state index is -2.99. The molecule has 1 rings (SSSR count). The van der Waals surface area contributed by atoms with E-state index in [-0.39, 0.29) is 37.1 Å². The Balaban J connectivity index is 0.00000484. The fraction of sp³-hybridized carbons (Fsp3) is 0.500. The number of carbonyl (C=O) groups excluding carboxylic acids is 1. The molecular weight excluding hydrogens is 334 g/mol. The summed E-state index contributed by atoms with van der Waals surface area (Å²) in [6.45, 7) is -0.921. The van der Waals surface area contributed by atoms with Gasteiger partial charge in [-0.15, -0.1) is 12.4 Å². The number of nitrogens with one attached hydrogen (secondary N) is 1. The Hall–Kier alpha value is -1.64. The number of para-hydroxylation sites is 1. The number of halogens is 3. The second-order valence-electron chi connectivity index (χ2n) is 4.34. The van der Waals surface area contributed by atoms with E-state index in [1.54, 1.807) is 19.1 Å². The van der Waals surface area contributed by atoms with Crippen molar-refractivity contribution in [3.63, 3.8) is 0 Å². The topological polar surface area (TPSA) is 82.8 Å². The quantitative estimate of drug-likeness (QED) is 0.705. The first kappa shape index (κ1) is 21.4. The van der Waals surface area contributed by atoms with Crippen LogP contribution in [0, 0.1) is 0 Å². The predicted octanol–water partition coefficient (Wildman–Crippen LogP) is 1.70. The molecule has 23 heavy (non-hydrogen) atoms. The van der Waals surface area contributed by atoms with Crippen molar-refractivity contribution in [2.75, 3.05) is 20.3 Å². The largest absolute Gasteiger partial charge is 0.490 e. The van der Waals surface area contributed by atoms with E-state index >= 15 is 0 Å². The van der Waals surface area contributed by atoms with E-state index < -0.39 is 18.6 Å². The number of amides is 1. The second kappa shape index (κ2) is 11.0. The number of hydrogen-bond acceptors (Lipinski definition) is 5. The SMILES string of the molecule is CCOc1cccc(CNC(=O)C(N)COC)c1OC(F)F.Cl. The van der Waals surface area contributed by atoms with Crippen LogP contribution in [0.15, 0.2) is 18.2 Å². The van der Waals surface area contributed by atoms with E-state index in [2.05, 4.69) is 10.1 Å². The highest BCUT2D eigenvalue weighted by molar-refractivity contribution is 5.85. The number of carbonyl (C=O) groups is 1. The van der Waals surface area contributed by atoms with Crippen molar-refractivity contribution in [2.45, 2.75) is 26.1 Å². The number of benzene rings is 1. The van der Waals surface area contributed by atoms with Crippen molar-refractivity contribution in [1.29, 1.82) is 0 Å². The van der Waals surface area contributed by atoms with Gasteiger partial charge in [0.15, 0.2) is 11.5 Å². The normalized spacial score (nSPS) is 11.6. The molecule has 1 unspecified atom stereocenters. The number of nitrogens with two attached hydrogens (primary N) is 1. The molecule has 0 radical (unpaired) electrons. The van der Waals surface area contributed by atoms with Crippen LogP contribution < -0.4 is 20.5 Å². The number of rotatable bonds is 9. The van der Waals surface area contributed by atoms with E-state index in [9.17, 15) is 13.6 Å². The smallest absolute Gasteiger partial charge is 0.387 e. The summed E-state index contributed by atoms with van der Waals surface area (Å²) < 4.78 is 39.6. The molecule has 3 N–H and O–H groups in total. The summed E-state index contributed by atoms with van der Waals surface area (Å²) in [7, 11) is 1.42. The summed E-state index contributed by atoms with van der Waals surface area (Å²) >= 11 is 0. The fourth-order valence-corrected chi connectivity index (χ4v) is 1.76. The van der Waals surface area contributed by atoms with Crippen molar-refractivity contribution >= 4 is 18.3 Å². The fourth-order valence-electron chi connectivity index (χ4n) is 1.76. The highest BCUT2D eigenvalue weighted by Gasteiger charge is 2.18. The molecule has 1 atom stereocenters. The zero-order valence-electron chi connectivity index (χ0n) is 12.9. The Morgan fingerprint density at radius 2 is 2.09 bits per heavy atom. The van der Waals surface area contributed by atoms with Gasteiger partial charge >= 0.3 is 6.61 Å². The molecule has 1 amide bonds. The predicted molar refractivity (Wildman–Crippen MR) is 83.2 cm³/mol. The van der Waals surface area contributed by atoms with Crippen molar-refractivity contribution in [1.82, 2.24) is 5.32 Å². The van der Waals surface area contributed by atoms with Gasteiger partial charge in [0.05, 0.1) is 13.2 Å². The van der Waals surface area contributed by atoms with Gasteiger partial charge in [-0.05, 0) is 13.0 Å². The molecule has 9 heteroatoms. The monoisotopic (exact) mass is 354 g/mol. The molecular formula is C14H21ClF2N2O4. The summed E-state index contributed by atoms with van der Waals surface area (Å²) in [5, 5.41) is 2.54. The van der Waals surface area contributed by atoms with Crippen LogP contribution in [0.25, 0.3) is 0 Å². The van der Waals surface area contributed by atoms with Crippen LogP contribution in [0.5, 0.6) is 11.5 Å². The number of alkyl halides is 2. The van der Waals surface area contributed by atoms with Crippen LogP contribution in [-0.2, 0) is 16.1 Å². The average molecular weight is 355 g/mol. The Morgan fingerprint density at radius 3 is 2.65 bits per heavy atom. The Bertz CT molecular complexity index is 492. The van der Waals surface area contributed by atoms with Gasteiger partial charge in [0, 0.05) is 19.2 Å². The standard InChI is InChI=1S/C14H20F2N2O4.ClH/c1-3-21-11-6-4-5-9(12(11)22-14(15)16)7-18-13(19)10(17)8-20-2;/h4-6,10,14H,3,7-8,17H2,1-2H3,(H,18,19);1H. The van der Waals surface area contributed by atoms with Gasteiger partial charge < -0.3 is 25.3 Å². The van der Waals surface area contributed by atoms with Gasteiger partial charge in [-0.25, -0.2) is 0 Å². The lowest BCUT2D eigenvalue weighted by Crippen LogP contribution is -2.43. The van der Waals surface area contributed by atoms with E-state index in [0.717, 1.165) is 0 Å². The molecule has 0 aliphatic carbocycles. The van der Waals surface area contributed by atoms with Gasteiger partial charge in [-0.3, -0.25) is 4.79 Å². The van der Waals surface area contributed by atoms with Gasteiger partial charge in [0.1, 0.15) is 6.04 Å². The summed E-state index contributed by atoms with van der Waals surface area (Å²) in [4.78, 5) is 11.7. The first-order valence-electron chi connectivity index (χ1n) is 6.71. The Morgan fingerprint density at radius 1 is 1.39 bits per heavy atom. The molecule has 0 spiro atoms. The minimum Gasteiger partial charge on any atom is -0.490 e. The van der Waals surface area contributed by atoms with Gasteiger partial charge in [-0.2, -0.15) is 8.78 Å². The third kappa shape index (κ3) is 6.98. The maximum absolute atomic E-state index is 12.5. The van der Waals surface area contributed by atoms with Crippen LogP contribution in [-0.4, -0.2) is 38.9 Å². The van der Waals surface area contributed by atoms with Crippen molar-refractivity contribution in [3.8, 4) is 11.5 Å². The van der Waals surface area contributed by atoms with Crippen LogP contribution >= 0.6 is 12.4 Å². The average Bonchev–Trinajstić information content (AvgIpc) is 2.47. The molecule has 0 heterocycles. The molecule has 132 valence electrons. The Kier molecular flexibility index (Phi) is 10.2. The molecule has 0 saturated carbocycles. The zero-order chi connectivity index (χ0) is 16.5. The van der Waals surface area contributed by atoms with Gasteiger partial charge in [0.2, 0.25) is 5.91 Å². The van der Waals surface area contributed by atoms with Crippen LogP contribution in [0.1, 0.15) is 12.5 Å². The number of hydrogen-bond donors (Lipinski definition) is 2. The molecule has 0 bridgehead atoms. The maximum atomic E-state index is 12.5. The van der Waals surface area contributed by atoms with E-state index in [1.807, 2.05) is 0 Å². The van der Waals surface area contributed by atoms with Crippen molar-refractivity contribution < 1.29 is 27.8 Å². The molecule has 1 aromatic rings. The Labute approximate surface area is 139 Å². The van der Waals surface area contributed by atoms with E-state index in [1.165, 1.54) is 13.2 Å². The number of ether oxygens (including phenoxy) is 3. The highest BCUT2D eigenvalue weighted by Crippen LogP contribution is 2.32. The third-order valence-electron chi connectivity index (χ3n) is 2.70. The van der Waals surface area contributed by atoms with Gasteiger partial charge in [-0.1, -0.05) is 12.1 Å². The summed E-state index contributed by atoms with van der Waals surface area (Å²) in [6, 6.07) is 3.87. The van der Waals surface area contributed by atoms with Crippen molar-refractivity contribution in [2.24, 2.45) is 5.73 Å². The minimum absolute atomic E-state index is 0. The lowest BCUT2D eigenvalue weighted by molar-refractivity contribution is -0.123. The molecule has 1 aromatic carbocycles. The lowest BCUT2D eigenvalue weighted by Gasteiger charge is -2.16. The first-order valence-corrected chi connectivity index (χ1v) is 6.71. The molecule has 6 nitrogen and oxygen atoms in total. The van der Waals surface area contributed by atoms with E-state index in [0.29, 0.717) is 12.2 Å². The molecule has 0 fully saturated rings. The van der Waals surface area contributed by atoms with Crippen LogP contribution in [0.4, 0.5) is 8.78 Å². The molecule has 0 saturated heterocycles. The van der Waals surface area contributed by atoms with Crippen molar-refractivity contribution in [3.05, 3.63) is 23.8 Å². The first-order chi connectivity index (χ1) is 10.5. The summed E-state index contributed by atoms with van der Waals surface area (Å²) in [5.74, 6) is -0.359. The zero-order valence-corrected chi connectivity index (χ0v) is 13.7. The van der Waals surface area contributed by atoms with Crippen LogP contribution in [0.2, 0.25) is 0 Å². The molecule has 0 aliphatic rings. The molecule has 0 aliphatic heterocycles.